The van der Waals surface area contributed by atoms with Gasteiger partial charge in [0.2, 0.25) is 5.91 Å². The normalized spacial score (nSPS) is 16.6. The smallest absolute Gasteiger partial charge is 0.226 e. The SMILES string of the molecule is O=C1CC(c2cccc(Br)c2)c2cnn(-c3ccc(F)cc3)c2N1. The van der Waals surface area contributed by atoms with Crippen molar-refractivity contribution in [1.29, 1.82) is 0 Å². The van der Waals surface area contributed by atoms with E-state index in [0.29, 0.717) is 17.9 Å². The number of benzene rings is 2. The molecule has 0 saturated carbocycles. The second kappa shape index (κ2) is 5.87. The third-order valence-corrected chi connectivity index (χ3v) is 4.64. The van der Waals surface area contributed by atoms with E-state index in [4.69, 9.17) is 0 Å². The van der Waals surface area contributed by atoms with Crippen LogP contribution in [0.15, 0.2) is 59.2 Å². The first kappa shape index (κ1) is 15.1. The van der Waals surface area contributed by atoms with Crippen LogP contribution in [0.3, 0.4) is 0 Å². The Kier molecular flexibility index (Phi) is 3.69. The van der Waals surface area contributed by atoms with Gasteiger partial charge in [-0.2, -0.15) is 5.10 Å². The molecule has 6 heteroatoms. The van der Waals surface area contributed by atoms with Crippen LogP contribution in [0.4, 0.5) is 10.2 Å². The van der Waals surface area contributed by atoms with Crippen LogP contribution >= 0.6 is 15.9 Å². The van der Waals surface area contributed by atoms with Crippen LogP contribution in [0.2, 0.25) is 0 Å². The van der Waals surface area contributed by atoms with Crippen molar-refractivity contribution < 1.29 is 9.18 Å². The number of halogens is 2. The number of hydrogen-bond donors (Lipinski definition) is 1. The number of anilines is 1. The Labute approximate surface area is 146 Å². The molecule has 0 radical (unpaired) electrons. The Morgan fingerprint density at radius 2 is 2.00 bits per heavy atom. The molecule has 0 aliphatic carbocycles. The first-order valence-corrected chi connectivity index (χ1v) is 8.30. The zero-order valence-electron chi connectivity index (χ0n) is 12.5. The van der Waals surface area contributed by atoms with Crippen LogP contribution in [0, 0.1) is 5.82 Å². The van der Waals surface area contributed by atoms with Crippen molar-refractivity contribution in [1.82, 2.24) is 9.78 Å². The zero-order valence-corrected chi connectivity index (χ0v) is 14.1. The first-order valence-electron chi connectivity index (χ1n) is 7.51. The van der Waals surface area contributed by atoms with Gasteiger partial charge in [0.25, 0.3) is 0 Å². The van der Waals surface area contributed by atoms with Gasteiger partial charge in [-0.3, -0.25) is 4.79 Å². The summed E-state index contributed by atoms with van der Waals surface area (Å²) in [5.74, 6) is 0.218. The number of rotatable bonds is 2. The molecule has 3 aromatic rings. The quantitative estimate of drug-likeness (QED) is 0.716. The lowest BCUT2D eigenvalue weighted by molar-refractivity contribution is -0.116. The molecule has 120 valence electrons. The Hall–Kier alpha value is -2.47. The molecule has 1 unspecified atom stereocenters. The minimum absolute atomic E-state index is 0.0551. The molecule has 24 heavy (non-hydrogen) atoms. The van der Waals surface area contributed by atoms with E-state index >= 15 is 0 Å². The van der Waals surface area contributed by atoms with Crippen LogP contribution in [-0.2, 0) is 4.79 Å². The standard InChI is InChI=1S/C18H13BrFN3O/c19-12-3-1-2-11(8-12)15-9-17(24)22-18-16(15)10-21-23(18)14-6-4-13(20)5-7-14/h1-8,10,15H,9H2,(H,22,24). The molecule has 1 atom stereocenters. The average Bonchev–Trinajstić information content (AvgIpc) is 2.98. The average molecular weight is 386 g/mol. The van der Waals surface area contributed by atoms with E-state index in [1.165, 1.54) is 12.1 Å². The second-order valence-electron chi connectivity index (χ2n) is 5.70. The van der Waals surface area contributed by atoms with Crippen LogP contribution in [-0.4, -0.2) is 15.7 Å². The van der Waals surface area contributed by atoms with E-state index in [1.54, 1.807) is 23.0 Å². The fourth-order valence-electron chi connectivity index (χ4n) is 3.02. The van der Waals surface area contributed by atoms with Crippen molar-refractivity contribution in [3.63, 3.8) is 0 Å². The Balaban J connectivity index is 1.81. The Morgan fingerprint density at radius 1 is 1.21 bits per heavy atom. The number of hydrogen-bond acceptors (Lipinski definition) is 2. The molecule has 0 saturated heterocycles. The van der Waals surface area contributed by atoms with E-state index in [2.05, 4.69) is 26.3 Å². The molecule has 4 nitrogen and oxygen atoms in total. The Morgan fingerprint density at radius 3 is 2.75 bits per heavy atom. The van der Waals surface area contributed by atoms with Crippen LogP contribution < -0.4 is 5.32 Å². The van der Waals surface area contributed by atoms with Crippen molar-refractivity contribution in [2.75, 3.05) is 5.32 Å². The lowest BCUT2D eigenvalue weighted by Crippen LogP contribution is -2.24. The predicted octanol–water partition coefficient (Wildman–Crippen LogP) is 4.25. The number of carbonyl (C=O) groups excluding carboxylic acids is 1. The summed E-state index contributed by atoms with van der Waals surface area (Å²) in [6.45, 7) is 0. The largest absolute Gasteiger partial charge is 0.310 e. The number of nitrogens with zero attached hydrogens (tertiary/aromatic N) is 2. The summed E-state index contributed by atoms with van der Waals surface area (Å²) in [5, 5.41) is 7.29. The molecule has 0 fully saturated rings. The van der Waals surface area contributed by atoms with E-state index in [-0.39, 0.29) is 17.6 Å². The van der Waals surface area contributed by atoms with Gasteiger partial charge in [0.05, 0.1) is 11.9 Å². The molecular weight excluding hydrogens is 373 g/mol. The van der Waals surface area contributed by atoms with Crippen molar-refractivity contribution >= 4 is 27.7 Å². The number of aromatic nitrogens is 2. The van der Waals surface area contributed by atoms with Gasteiger partial charge in [-0.1, -0.05) is 28.1 Å². The second-order valence-corrected chi connectivity index (χ2v) is 6.61. The zero-order chi connectivity index (χ0) is 16.7. The summed E-state index contributed by atoms with van der Waals surface area (Å²) in [5.41, 5.74) is 2.71. The van der Waals surface area contributed by atoms with Gasteiger partial charge in [0.15, 0.2) is 0 Å². The van der Waals surface area contributed by atoms with Gasteiger partial charge in [-0.25, -0.2) is 9.07 Å². The van der Waals surface area contributed by atoms with Crippen LogP contribution in [0.5, 0.6) is 0 Å². The topological polar surface area (TPSA) is 46.9 Å². The fourth-order valence-corrected chi connectivity index (χ4v) is 3.44. The van der Waals surface area contributed by atoms with E-state index in [9.17, 15) is 9.18 Å². The van der Waals surface area contributed by atoms with Crippen molar-refractivity contribution in [2.45, 2.75) is 12.3 Å². The van der Waals surface area contributed by atoms with Gasteiger partial charge < -0.3 is 5.32 Å². The minimum Gasteiger partial charge on any atom is -0.310 e. The fraction of sp³-hybridized carbons (Fsp3) is 0.111. The molecule has 1 N–H and O–H groups in total. The maximum atomic E-state index is 13.1. The van der Waals surface area contributed by atoms with Gasteiger partial charge in [-0.05, 0) is 42.0 Å². The first-order chi connectivity index (χ1) is 11.6. The molecule has 0 spiro atoms. The summed E-state index contributed by atoms with van der Waals surface area (Å²) < 4.78 is 15.8. The minimum atomic E-state index is -0.309. The molecule has 1 aliphatic heterocycles. The third-order valence-electron chi connectivity index (χ3n) is 4.14. The summed E-state index contributed by atoms with van der Waals surface area (Å²) in [6, 6.07) is 14.0. The number of carbonyl (C=O) groups is 1. The number of nitrogens with one attached hydrogen (secondary N) is 1. The summed E-state index contributed by atoms with van der Waals surface area (Å²) in [7, 11) is 0. The highest BCUT2D eigenvalue weighted by Gasteiger charge is 2.30. The summed E-state index contributed by atoms with van der Waals surface area (Å²) in [6.07, 6.45) is 2.14. The highest BCUT2D eigenvalue weighted by molar-refractivity contribution is 9.10. The van der Waals surface area contributed by atoms with E-state index < -0.39 is 0 Å². The monoisotopic (exact) mass is 385 g/mol. The molecule has 0 bridgehead atoms. The number of amides is 1. The van der Waals surface area contributed by atoms with Gasteiger partial charge >= 0.3 is 0 Å². The van der Waals surface area contributed by atoms with Crippen molar-refractivity contribution in [3.05, 3.63) is 76.1 Å². The molecule has 2 aromatic carbocycles. The van der Waals surface area contributed by atoms with E-state index in [1.807, 2.05) is 24.3 Å². The van der Waals surface area contributed by atoms with Gasteiger partial charge in [-0.15, -0.1) is 0 Å². The highest BCUT2D eigenvalue weighted by atomic mass is 79.9. The van der Waals surface area contributed by atoms with Crippen molar-refractivity contribution in [2.24, 2.45) is 0 Å². The molecule has 4 rings (SSSR count). The molecule has 1 amide bonds. The summed E-state index contributed by atoms with van der Waals surface area (Å²) in [4.78, 5) is 12.2. The molecule has 2 heterocycles. The predicted molar refractivity (Wildman–Crippen MR) is 92.8 cm³/mol. The molecule has 1 aromatic heterocycles. The van der Waals surface area contributed by atoms with Crippen LogP contribution in [0.25, 0.3) is 5.69 Å². The molecule has 1 aliphatic rings. The highest BCUT2D eigenvalue weighted by Crippen LogP contribution is 2.38. The maximum absolute atomic E-state index is 13.1. The lowest BCUT2D eigenvalue weighted by atomic mass is 9.87. The third kappa shape index (κ3) is 2.63. The number of fused-ring (bicyclic) bond motifs is 1. The Bertz CT molecular complexity index is 920. The van der Waals surface area contributed by atoms with Gasteiger partial charge in [0, 0.05) is 22.4 Å². The lowest BCUT2D eigenvalue weighted by Gasteiger charge is -2.24. The van der Waals surface area contributed by atoms with Gasteiger partial charge in [0.1, 0.15) is 11.6 Å². The van der Waals surface area contributed by atoms with Crippen LogP contribution in [0.1, 0.15) is 23.5 Å². The maximum Gasteiger partial charge on any atom is 0.226 e. The van der Waals surface area contributed by atoms with Crippen molar-refractivity contribution in [3.8, 4) is 5.69 Å². The van der Waals surface area contributed by atoms with E-state index in [0.717, 1.165) is 15.6 Å². The molecular formula is C18H13BrFN3O. The summed E-state index contributed by atoms with van der Waals surface area (Å²) >= 11 is 3.48.